The molecule has 108 valence electrons. The minimum atomic E-state index is 0.287. The standard InChI is InChI=1S/C17H24N2O/c20-16-13-17(8-10-18-11-9-17)14-19(16)12-4-7-15-5-2-1-3-6-15/h1-3,5-6,18H,4,7-14H2. The van der Waals surface area contributed by atoms with E-state index in [1.807, 2.05) is 6.07 Å². The van der Waals surface area contributed by atoms with E-state index in [0.717, 1.165) is 58.3 Å². The molecule has 0 bridgehead atoms. The van der Waals surface area contributed by atoms with Crippen molar-refractivity contribution in [3.8, 4) is 0 Å². The van der Waals surface area contributed by atoms with Gasteiger partial charge in [-0.15, -0.1) is 0 Å². The summed E-state index contributed by atoms with van der Waals surface area (Å²) in [6.07, 6.45) is 5.24. The van der Waals surface area contributed by atoms with Crippen LogP contribution >= 0.6 is 0 Å². The van der Waals surface area contributed by atoms with Crippen molar-refractivity contribution in [3.63, 3.8) is 0 Å². The highest BCUT2D eigenvalue weighted by molar-refractivity contribution is 5.79. The minimum absolute atomic E-state index is 0.287. The second-order valence-corrected chi connectivity index (χ2v) is 6.33. The summed E-state index contributed by atoms with van der Waals surface area (Å²) in [6, 6.07) is 10.6. The van der Waals surface area contributed by atoms with Crippen molar-refractivity contribution >= 4 is 5.91 Å². The van der Waals surface area contributed by atoms with Gasteiger partial charge >= 0.3 is 0 Å². The minimum Gasteiger partial charge on any atom is -0.342 e. The van der Waals surface area contributed by atoms with Crippen LogP contribution in [0.2, 0.25) is 0 Å². The fourth-order valence-electron chi connectivity index (χ4n) is 3.60. The second-order valence-electron chi connectivity index (χ2n) is 6.33. The predicted octanol–water partition coefficient (Wildman–Crippen LogP) is 2.22. The first-order chi connectivity index (χ1) is 9.77. The molecule has 1 amide bonds. The molecule has 2 aliphatic rings. The van der Waals surface area contributed by atoms with E-state index in [4.69, 9.17) is 0 Å². The molecular weight excluding hydrogens is 248 g/mol. The van der Waals surface area contributed by atoms with Crippen molar-refractivity contribution < 1.29 is 4.79 Å². The first kappa shape index (κ1) is 13.6. The van der Waals surface area contributed by atoms with E-state index in [1.165, 1.54) is 5.56 Å². The van der Waals surface area contributed by atoms with Crippen molar-refractivity contribution in [2.75, 3.05) is 26.2 Å². The highest BCUT2D eigenvalue weighted by atomic mass is 16.2. The zero-order valence-electron chi connectivity index (χ0n) is 12.1. The van der Waals surface area contributed by atoms with Gasteiger partial charge in [-0.2, -0.15) is 0 Å². The summed E-state index contributed by atoms with van der Waals surface area (Å²) in [5.74, 6) is 0.375. The average Bonchev–Trinajstić information content (AvgIpc) is 2.77. The van der Waals surface area contributed by atoms with Crippen molar-refractivity contribution in [1.29, 1.82) is 0 Å². The van der Waals surface area contributed by atoms with Gasteiger partial charge in [0.05, 0.1) is 0 Å². The molecule has 0 atom stereocenters. The Morgan fingerprint density at radius 3 is 2.65 bits per heavy atom. The van der Waals surface area contributed by atoms with E-state index >= 15 is 0 Å². The monoisotopic (exact) mass is 272 g/mol. The molecule has 1 aromatic carbocycles. The van der Waals surface area contributed by atoms with Crippen LogP contribution < -0.4 is 5.32 Å². The number of benzene rings is 1. The van der Waals surface area contributed by atoms with Gasteiger partial charge < -0.3 is 10.2 Å². The maximum Gasteiger partial charge on any atom is 0.223 e. The van der Waals surface area contributed by atoms with Crippen molar-refractivity contribution in [2.45, 2.75) is 32.1 Å². The van der Waals surface area contributed by atoms with E-state index in [-0.39, 0.29) is 5.41 Å². The number of piperidine rings is 1. The third-order valence-electron chi connectivity index (χ3n) is 4.81. The van der Waals surface area contributed by atoms with Gasteiger partial charge in [0.15, 0.2) is 0 Å². The maximum absolute atomic E-state index is 12.2. The number of hydrogen-bond acceptors (Lipinski definition) is 2. The van der Waals surface area contributed by atoms with E-state index < -0.39 is 0 Å². The molecule has 0 aliphatic carbocycles. The van der Waals surface area contributed by atoms with Crippen LogP contribution in [-0.4, -0.2) is 37.0 Å². The number of carbonyl (C=O) groups excluding carboxylic acids is 1. The molecule has 2 saturated heterocycles. The number of amides is 1. The molecule has 0 aromatic heterocycles. The Bertz CT molecular complexity index is 451. The Labute approximate surface area is 121 Å². The molecule has 1 aromatic rings. The number of hydrogen-bond donors (Lipinski definition) is 1. The van der Waals surface area contributed by atoms with Gasteiger partial charge in [0, 0.05) is 19.5 Å². The van der Waals surface area contributed by atoms with Gasteiger partial charge in [0.1, 0.15) is 0 Å². The smallest absolute Gasteiger partial charge is 0.223 e. The van der Waals surface area contributed by atoms with Gasteiger partial charge in [0.25, 0.3) is 0 Å². The number of likely N-dealkylation sites (tertiary alicyclic amines) is 1. The summed E-state index contributed by atoms with van der Waals surface area (Å²) in [5.41, 5.74) is 1.66. The van der Waals surface area contributed by atoms with Crippen LogP contribution in [0.15, 0.2) is 30.3 Å². The van der Waals surface area contributed by atoms with E-state index in [1.54, 1.807) is 0 Å². The number of aryl methyl sites for hydroxylation is 1. The van der Waals surface area contributed by atoms with Crippen molar-refractivity contribution in [2.24, 2.45) is 5.41 Å². The Kier molecular flexibility index (Phi) is 4.06. The van der Waals surface area contributed by atoms with Gasteiger partial charge in [-0.1, -0.05) is 30.3 Å². The lowest BCUT2D eigenvalue weighted by Gasteiger charge is -2.33. The fraction of sp³-hybridized carbons (Fsp3) is 0.588. The number of carbonyl (C=O) groups is 1. The molecule has 0 unspecified atom stereocenters. The zero-order chi connectivity index (χ0) is 13.8. The van der Waals surface area contributed by atoms with E-state index in [2.05, 4.69) is 34.5 Å². The van der Waals surface area contributed by atoms with Crippen LogP contribution in [-0.2, 0) is 11.2 Å². The first-order valence-electron chi connectivity index (χ1n) is 7.80. The maximum atomic E-state index is 12.2. The molecule has 1 spiro atoms. The van der Waals surface area contributed by atoms with Gasteiger partial charge in [-0.05, 0) is 49.8 Å². The lowest BCUT2D eigenvalue weighted by Crippen LogP contribution is -2.38. The van der Waals surface area contributed by atoms with Gasteiger partial charge in [-0.25, -0.2) is 0 Å². The highest BCUT2D eigenvalue weighted by Gasteiger charge is 2.43. The molecule has 0 saturated carbocycles. The zero-order valence-corrected chi connectivity index (χ0v) is 12.1. The highest BCUT2D eigenvalue weighted by Crippen LogP contribution is 2.39. The Hall–Kier alpha value is -1.35. The Balaban J connectivity index is 1.49. The van der Waals surface area contributed by atoms with Crippen molar-refractivity contribution in [3.05, 3.63) is 35.9 Å². The molecule has 20 heavy (non-hydrogen) atoms. The molecule has 3 nitrogen and oxygen atoms in total. The third kappa shape index (κ3) is 3.04. The largest absolute Gasteiger partial charge is 0.342 e. The summed E-state index contributed by atoms with van der Waals surface area (Å²) in [6.45, 7) is 4.06. The predicted molar refractivity (Wildman–Crippen MR) is 80.5 cm³/mol. The molecule has 3 rings (SSSR count). The fourth-order valence-corrected chi connectivity index (χ4v) is 3.60. The molecule has 2 fully saturated rings. The van der Waals surface area contributed by atoms with Gasteiger partial charge in [0.2, 0.25) is 5.91 Å². The molecular formula is C17H24N2O. The molecule has 2 heterocycles. The van der Waals surface area contributed by atoms with Crippen LogP contribution in [0.25, 0.3) is 0 Å². The summed E-state index contributed by atoms with van der Waals surface area (Å²) < 4.78 is 0. The number of rotatable bonds is 4. The summed E-state index contributed by atoms with van der Waals surface area (Å²) in [7, 11) is 0. The summed E-state index contributed by atoms with van der Waals surface area (Å²) in [4.78, 5) is 14.3. The van der Waals surface area contributed by atoms with E-state index in [0.29, 0.717) is 5.91 Å². The first-order valence-corrected chi connectivity index (χ1v) is 7.80. The number of nitrogens with zero attached hydrogens (tertiary/aromatic N) is 1. The Morgan fingerprint density at radius 1 is 1.15 bits per heavy atom. The number of nitrogens with one attached hydrogen (secondary N) is 1. The van der Waals surface area contributed by atoms with E-state index in [9.17, 15) is 4.79 Å². The van der Waals surface area contributed by atoms with Gasteiger partial charge in [-0.3, -0.25) is 4.79 Å². The SMILES string of the molecule is O=C1CC2(CCNCC2)CN1CCCc1ccccc1. The van der Waals surface area contributed by atoms with Crippen LogP contribution in [0.5, 0.6) is 0 Å². The van der Waals surface area contributed by atoms with Crippen LogP contribution in [0.3, 0.4) is 0 Å². The quantitative estimate of drug-likeness (QED) is 0.911. The average molecular weight is 272 g/mol. The topological polar surface area (TPSA) is 32.3 Å². The molecule has 2 aliphatic heterocycles. The second kappa shape index (κ2) is 5.96. The molecule has 0 radical (unpaired) electrons. The van der Waals surface area contributed by atoms with Crippen LogP contribution in [0.4, 0.5) is 0 Å². The molecule has 1 N–H and O–H groups in total. The summed E-state index contributed by atoms with van der Waals surface area (Å²) in [5, 5.41) is 3.40. The normalized spacial score (nSPS) is 21.6. The molecule has 3 heteroatoms. The Morgan fingerprint density at radius 2 is 1.90 bits per heavy atom. The lowest BCUT2D eigenvalue weighted by molar-refractivity contribution is -0.127. The van der Waals surface area contributed by atoms with Crippen LogP contribution in [0.1, 0.15) is 31.2 Å². The summed E-state index contributed by atoms with van der Waals surface area (Å²) >= 11 is 0. The van der Waals surface area contributed by atoms with Crippen LogP contribution in [0, 0.1) is 5.41 Å². The van der Waals surface area contributed by atoms with Crippen molar-refractivity contribution in [1.82, 2.24) is 10.2 Å². The lowest BCUT2D eigenvalue weighted by atomic mass is 9.78. The third-order valence-corrected chi connectivity index (χ3v) is 4.81.